The predicted molar refractivity (Wildman–Crippen MR) is 70.9 cm³/mol. The van der Waals surface area contributed by atoms with Crippen molar-refractivity contribution < 1.29 is 9.52 Å². The van der Waals surface area contributed by atoms with Crippen molar-refractivity contribution >= 4 is 5.84 Å². The second-order valence-corrected chi connectivity index (χ2v) is 4.91. The van der Waals surface area contributed by atoms with E-state index in [0.717, 1.165) is 36.5 Å². The third-order valence-corrected chi connectivity index (χ3v) is 3.86. The molecule has 0 bridgehead atoms. The standard InChI is InChI=1S/C15H14N2O2/c18-15(13-7-3-10-19-13)12-6-2-1-5-11(12)14-16-8-4-9-17(14)15/h1-3,5-7,10,18H,4,8-9H2. The molecule has 1 aromatic heterocycles. The summed E-state index contributed by atoms with van der Waals surface area (Å²) in [5.41, 5.74) is 0.631. The number of hydrogen-bond donors (Lipinski definition) is 1. The van der Waals surface area contributed by atoms with Crippen LogP contribution >= 0.6 is 0 Å². The lowest BCUT2D eigenvalue weighted by Gasteiger charge is -2.35. The maximum absolute atomic E-state index is 11.3. The summed E-state index contributed by atoms with van der Waals surface area (Å²) in [5.74, 6) is 1.42. The minimum atomic E-state index is -1.22. The summed E-state index contributed by atoms with van der Waals surface area (Å²) in [6.07, 6.45) is 2.54. The highest BCUT2D eigenvalue weighted by Gasteiger charge is 2.50. The topological polar surface area (TPSA) is 49.0 Å². The van der Waals surface area contributed by atoms with Gasteiger partial charge in [-0.1, -0.05) is 24.3 Å². The van der Waals surface area contributed by atoms with Crippen LogP contribution in [0.5, 0.6) is 0 Å². The molecule has 2 aromatic rings. The Hall–Kier alpha value is -2.07. The fourth-order valence-corrected chi connectivity index (χ4v) is 3.02. The monoisotopic (exact) mass is 254 g/mol. The molecule has 0 saturated carbocycles. The van der Waals surface area contributed by atoms with Gasteiger partial charge in [-0.2, -0.15) is 0 Å². The largest absolute Gasteiger partial charge is 0.464 e. The SMILES string of the molecule is OC1(c2ccco2)c2ccccc2C2=NCCCN21. The van der Waals surface area contributed by atoms with Gasteiger partial charge >= 0.3 is 0 Å². The number of hydrogen-bond acceptors (Lipinski definition) is 4. The lowest BCUT2D eigenvalue weighted by molar-refractivity contribution is -0.0491. The summed E-state index contributed by atoms with van der Waals surface area (Å²) in [6.45, 7) is 1.60. The maximum Gasteiger partial charge on any atom is 0.226 e. The van der Waals surface area contributed by atoms with Crippen LogP contribution in [-0.2, 0) is 5.72 Å². The zero-order chi connectivity index (χ0) is 12.9. The van der Waals surface area contributed by atoms with Crippen LogP contribution in [0.4, 0.5) is 0 Å². The average Bonchev–Trinajstić information content (AvgIpc) is 3.08. The Morgan fingerprint density at radius 2 is 2.11 bits per heavy atom. The zero-order valence-electron chi connectivity index (χ0n) is 10.4. The van der Waals surface area contributed by atoms with Crippen molar-refractivity contribution in [3.8, 4) is 0 Å². The van der Waals surface area contributed by atoms with Crippen LogP contribution in [0, 0.1) is 0 Å². The molecule has 0 radical (unpaired) electrons. The molecule has 0 saturated heterocycles. The van der Waals surface area contributed by atoms with E-state index in [2.05, 4.69) is 4.99 Å². The zero-order valence-corrected chi connectivity index (χ0v) is 10.4. The second-order valence-electron chi connectivity index (χ2n) is 4.91. The molecule has 1 unspecified atom stereocenters. The van der Waals surface area contributed by atoms with Crippen molar-refractivity contribution in [3.63, 3.8) is 0 Å². The third kappa shape index (κ3) is 1.29. The highest BCUT2D eigenvalue weighted by Crippen LogP contribution is 2.43. The van der Waals surface area contributed by atoms with Crippen molar-refractivity contribution in [1.29, 1.82) is 0 Å². The molecule has 3 heterocycles. The highest BCUT2D eigenvalue weighted by atomic mass is 16.4. The van der Waals surface area contributed by atoms with Gasteiger partial charge in [0.05, 0.1) is 6.26 Å². The Balaban J connectivity index is 2.01. The van der Waals surface area contributed by atoms with Crippen molar-refractivity contribution in [2.45, 2.75) is 12.1 Å². The van der Waals surface area contributed by atoms with Crippen LogP contribution < -0.4 is 0 Å². The van der Waals surface area contributed by atoms with E-state index in [4.69, 9.17) is 4.42 Å². The lowest BCUT2D eigenvalue weighted by atomic mass is 9.99. The number of rotatable bonds is 1. The smallest absolute Gasteiger partial charge is 0.226 e. The van der Waals surface area contributed by atoms with E-state index in [1.807, 2.05) is 35.2 Å². The Bertz CT molecular complexity index is 648. The minimum Gasteiger partial charge on any atom is -0.464 e. The van der Waals surface area contributed by atoms with Gasteiger partial charge in [-0.3, -0.25) is 4.99 Å². The summed E-state index contributed by atoms with van der Waals surface area (Å²) in [4.78, 5) is 6.52. The van der Waals surface area contributed by atoms with Crippen LogP contribution in [0.25, 0.3) is 0 Å². The first-order valence-electron chi connectivity index (χ1n) is 6.50. The van der Waals surface area contributed by atoms with Crippen LogP contribution in [0.15, 0.2) is 52.1 Å². The first-order chi connectivity index (χ1) is 9.32. The van der Waals surface area contributed by atoms with E-state index in [9.17, 15) is 5.11 Å². The second kappa shape index (κ2) is 3.71. The number of furan rings is 1. The molecule has 2 aliphatic rings. The van der Waals surface area contributed by atoms with Crippen LogP contribution in [0.3, 0.4) is 0 Å². The molecular weight excluding hydrogens is 240 g/mol. The van der Waals surface area contributed by atoms with Crippen LogP contribution in [0.2, 0.25) is 0 Å². The Kier molecular flexibility index (Phi) is 2.11. The fraction of sp³-hybridized carbons (Fsp3) is 0.267. The van der Waals surface area contributed by atoms with Gasteiger partial charge in [0.15, 0.2) is 5.76 Å². The molecular formula is C15H14N2O2. The van der Waals surface area contributed by atoms with Gasteiger partial charge in [0, 0.05) is 24.2 Å². The van der Waals surface area contributed by atoms with E-state index in [1.165, 1.54) is 0 Å². The molecule has 4 heteroatoms. The van der Waals surface area contributed by atoms with E-state index in [-0.39, 0.29) is 0 Å². The number of fused-ring (bicyclic) bond motifs is 3. The predicted octanol–water partition coefficient (Wildman–Crippen LogP) is 1.94. The minimum absolute atomic E-state index is 0.548. The number of nitrogens with zero attached hydrogens (tertiary/aromatic N) is 2. The molecule has 2 aliphatic heterocycles. The van der Waals surface area contributed by atoms with Gasteiger partial charge in [-0.05, 0) is 18.6 Å². The van der Waals surface area contributed by atoms with Gasteiger partial charge in [-0.15, -0.1) is 0 Å². The third-order valence-electron chi connectivity index (χ3n) is 3.86. The molecule has 0 amide bonds. The number of amidine groups is 1. The number of aliphatic hydroxyl groups is 1. The number of aliphatic imine (C=N–C) groups is 1. The molecule has 4 rings (SSSR count). The van der Waals surface area contributed by atoms with Crippen molar-refractivity contribution in [2.24, 2.45) is 4.99 Å². The molecule has 0 fully saturated rings. The van der Waals surface area contributed by atoms with Gasteiger partial charge in [-0.25, -0.2) is 0 Å². The Morgan fingerprint density at radius 3 is 2.95 bits per heavy atom. The first-order valence-corrected chi connectivity index (χ1v) is 6.50. The molecule has 1 atom stereocenters. The van der Waals surface area contributed by atoms with E-state index in [0.29, 0.717) is 5.76 Å². The summed E-state index contributed by atoms with van der Waals surface area (Å²) in [5, 5.41) is 11.3. The van der Waals surface area contributed by atoms with Crippen LogP contribution in [0.1, 0.15) is 23.3 Å². The van der Waals surface area contributed by atoms with Gasteiger partial charge in [0.1, 0.15) is 5.84 Å². The molecule has 19 heavy (non-hydrogen) atoms. The summed E-state index contributed by atoms with van der Waals surface area (Å²) < 4.78 is 5.48. The normalized spacial score (nSPS) is 24.9. The van der Waals surface area contributed by atoms with Gasteiger partial charge in [0.2, 0.25) is 5.72 Å². The summed E-state index contributed by atoms with van der Waals surface area (Å²) in [7, 11) is 0. The molecule has 1 aromatic carbocycles. The quantitative estimate of drug-likeness (QED) is 0.846. The molecule has 0 aliphatic carbocycles. The van der Waals surface area contributed by atoms with Gasteiger partial charge < -0.3 is 14.4 Å². The van der Waals surface area contributed by atoms with Gasteiger partial charge in [0.25, 0.3) is 0 Å². The summed E-state index contributed by atoms with van der Waals surface area (Å²) >= 11 is 0. The molecule has 96 valence electrons. The fourth-order valence-electron chi connectivity index (χ4n) is 3.02. The Morgan fingerprint density at radius 1 is 1.21 bits per heavy atom. The van der Waals surface area contributed by atoms with E-state index >= 15 is 0 Å². The highest BCUT2D eigenvalue weighted by molar-refractivity contribution is 6.04. The van der Waals surface area contributed by atoms with Crippen molar-refractivity contribution in [3.05, 3.63) is 59.5 Å². The molecule has 0 spiro atoms. The van der Waals surface area contributed by atoms with Crippen molar-refractivity contribution in [1.82, 2.24) is 4.90 Å². The Labute approximate surface area is 111 Å². The van der Waals surface area contributed by atoms with Crippen molar-refractivity contribution in [2.75, 3.05) is 13.1 Å². The first kappa shape index (κ1) is 10.8. The molecule has 1 N–H and O–H groups in total. The average molecular weight is 254 g/mol. The van der Waals surface area contributed by atoms with Crippen LogP contribution in [-0.4, -0.2) is 28.9 Å². The van der Waals surface area contributed by atoms with E-state index in [1.54, 1.807) is 12.3 Å². The molecule has 4 nitrogen and oxygen atoms in total. The lowest BCUT2D eigenvalue weighted by Crippen LogP contribution is -2.46. The maximum atomic E-state index is 11.3. The number of benzene rings is 1. The summed E-state index contributed by atoms with van der Waals surface area (Å²) in [6, 6.07) is 11.5. The van der Waals surface area contributed by atoms with E-state index < -0.39 is 5.72 Å².